The van der Waals surface area contributed by atoms with E-state index in [1.54, 1.807) is 6.92 Å². The van der Waals surface area contributed by atoms with Crippen LogP contribution in [0, 0.1) is 5.92 Å². The van der Waals surface area contributed by atoms with E-state index in [-0.39, 0.29) is 6.42 Å². The molecule has 6 N–H and O–H groups in total. The van der Waals surface area contributed by atoms with Gasteiger partial charge in [0.1, 0.15) is 30.5 Å². The van der Waals surface area contributed by atoms with Crippen molar-refractivity contribution in [1.29, 1.82) is 0 Å². The van der Waals surface area contributed by atoms with Gasteiger partial charge in [-0.1, -0.05) is 188 Å². The maximum atomic E-state index is 13.6. The van der Waals surface area contributed by atoms with Crippen molar-refractivity contribution in [2.45, 2.75) is 268 Å². The smallest absolute Gasteiger partial charge is 0.397 e. The summed E-state index contributed by atoms with van der Waals surface area (Å²) in [6, 6.07) is 0. The number of hydrogen-bond donors (Lipinski definition) is 6. The van der Waals surface area contributed by atoms with Crippen LogP contribution in [0.3, 0.4) is 0 Å². The molecule has 11 atom stereocenters. The molecule has 2 aliphatic rings. The van der Waals surface area contributed by atoms with Crippen LogP contribution in [0.1, 0.15) is 207 Å². The SMILES string of the molecule is CCCCCCCCCCCCCCCCC(C)C(=O)O[C@H]1[C@H](O)[C@@H](CO)O[C@H](O[C@H]2O[C@H](CO)[C@@H](O)[C@H](O)[C@H]2OS(=O)(=O)O)[C@@H]1OC(=O)CCCCCCCCCCCCCCC. The van der Waals surface area contributed by atoms with E-state index in [1.165, 1.54) is 116 Å². The summed E-state index contributed by atoms with van der Waals surface area (Å²) in [7, 11) is -5.29. The lowest BCUT2D eigenvalue weighted by atomic mass is 9.97. The molecular weight excluding hydrogens is 853 g/mol. The largest absolute Gasteiger partial charge is 0.455 e. The third kappa shape index (κ3) is 24.0. The second-order valence-corrected chi connectivity index (χ2v) is 19.2. The standard InChI is InChI=1S/C47H88O16S/c1-4-6-8-10-12-14-16-18-20-21-23-25-27-29-31-35(3)45(54)61-42-40(52)37(34-49)59-47(62-46-43(63-64(55,56)57)41(53)39(51)36(33-48)58-46)44(42)60-38(50)32-30-28-26-24-22-19-17-15-13-11-9-7-5-2/h35-37,39-44,46-49,51-53H,4-34H2,1-3H3,(H,55,56,57)/t35?,36-,37-,39-,40-,41+,42+,43-,44-,46-,47-/m1/s1. The second kappa shape index (κ2) is 34.7. The average molecular weight is 941 g/mol. The van der Waals surface area contributed by atoms with Crippen molar-refractivity contribution < 1.29 is 76.0 Å². The molecule has 0 bridgehead atoms. The predicted molar refractivity (Wildman–Crippen MR) is 241 cm³/mol. The van der Waals surface area contributed by atoms with Crippen LogP contribution in [-0.4, -0.2) is 125 Å². The summed E-state index contributed by atoms with van der Waals surface area (Å²) >= 11 is 0. The van der Waals surface area contributed by atoms with Gasteiger partial charge in [0.25, 0.3) is 0 Å². The summed E-state index contributed by atoms with van der Waals surface area (Å²) in [5.41, 5.74) is 0. The molecule has 378 valence electrons. The van der Waals surface area contributed by atoms with Gasteiger partial charge in [0.2, 0.25) is 6.29 Å². The zero-order valence-corrected chi connectivity index (χ0v) is 40.3. The predicted octanol–water partition coefficient (Wildman–Crippen LogP) is 7.52. The number of ether oxygens (including phenoxy) is 5. The lowest BCUT2D eigenvalue weighted by molar-refractivity contribution is -0.374. The Bertz CT molecular complexity index is 1310. The molecule has 0 aromatic rings. The normalized spacial score (nSPS) is 26.8. The quantitative estimate of drug-likeness (QED) is 0.0199. The van der Waals surface area contributed by atoms with E-state index in [0.717, 1.165) is 51.4 Å². The molecule has 0 saturated carbocycles. The minimum Gasteiger partial charge on any atom is -0.455 e. The summed E-state index contributed by atoms with van der Waals surface area (Å²) in [6.45, 7) is 4.45. The van der Waals surface area contributed by atoms with Gasteiger partial charge in [-0.3, -0.25) is 14.1 Å². The number of carbonyl (C=O) groups is 2. The first-order valence-corrected chi connectivity index (χ1v) is 26.4. The number of rotatable bonds is 38. The van der Waals surface area contributed by atoms with E-state index in [1.807, 2.05) is 0 Å². The minimum atomic E-state index is -5.29. The Morgan fingerprint density at radius 3 is 1.34 bits per heavy atom. The third-order valence-electron chi connectivity index (χ3n) is 12.5. The molecule has 64 heavy (non-hydrogen) atoms. The Labute approximate surface area is 384 Å². The molecule has 2 aliphatic heterocycles. The third-order valence-corrected chi connectivity index (χ3v) is 13.0. The van der Waals surface area contributed by atoms with Gasteiger partial charge in [-0.2, -0.15) is 8.42 Å². The number of aliphatic hydroxyl groups excluding tert-OH is 5. The summed E-state index contributed by atoms with van der Waals surface area (Å²) in [5.74, 6) is -2.05. The fourth-order valence-electron chi connectivity index (χ4n) is 8.46. The number of carbonyl (C=O) groups excluding carboxylic acids is 2. The summed E-state index contributed by atoms with van der Waals surface area (Å²) in [5, 5.41) is 52.5. The van der Waals surface area contributed by atoms with Gasteiger partial charge in [0, 0.05) is 6.42 Å². The van der Waals surface area contributed by atoms with Crippen molar-refractivity contribution in [2.75, 3.05) is 13.2 Å². The Kier molecular flexibility index (Phi) is 31.8. The molecule has 0 radical (unpaired) electrons. The van der Waals surface area contributed by atoms with Gasteiger partial charge in [-0.25, -0.2) is 4.18 Å². The molecule has 2 saturated heterocycles. The first-order valence-electron chi connectivity index (χ1n) is 25.1. The van der Waals surface area contributed by atoms with Crippen LogP contribution in [-0.2, 0) is 47.9 Å². The van der Waals surface area contributed by atoms with Crippen molar-refractivity contribution in [3.05, 3.63) is 0 Å². The Hall–Kier alpha value is -1.51. The van der Waals surface area contributed by atoms with Crippen LogP contribution in [0.15, 0.2) is 0 Å². The lowest BCUT2D eigenvalue weighted by Crippen LogP contribution is -2.65. The highest BCUT2D eigenvalue weighted by atomic mass is 32.3. The van der Waals surface area contributed by atoms with Crippen molar-refractivity contribution in [3.8, 4) is 0 Å². The van der Waals surface area contributed by atoms with Crippen molar-refractivity contribution in [2.24, 2.45) is 5.92 Å². The van der Waals surface area contributed by atoms with Crippen LogP contribution >= 0.6 is 0 Å². The van der Waals surface area contributed by atoms with Gasteiger partial charge >= 0.3 is 22.3 Å². The van der Waals surface area contributed by atoms with Gasteiger partial charge < -0.3 is 49.2 Å². The van der Waals surface area contributed by atoms with E-state index < -0.39 is 103 Å². The highest BCUT2D eigenvalue weighted by Crippen LogP contribution is 2.33. The molecule has 16 nitrogen and oxygen atoms in total. The molecule has 2 rings (SSSR count). The summed E-state index contributed by atoms with van der Waals surface area (Å²) < 4.78 is 66.4. The zero-order valence-electron chi connectivity index (χ0n) is 39.4. The molecule has 0 aromatic heterocycles. The van der Waals surface area contributed by atoms with Gasteiger partial charge in [-0.05, 0) is 12.8 Å². The Morgan fingerprint density at radius 1 is 0.531 bits per heavy atom. The van der Waals surface area contributed by atoms with Gasteiger partial charge in [-0.15, -0.1) is 0 Å². The number of unbranched alkanes of at least 4 members (excludes halogenated alkanes) is 25. The molecule has 0 spiro atoms. The lowest BCUT2D eigenvalue weighted by Gasteiger charge is -2.46. The van der Waals surface area contributed by atoms with Crippen LogP contribution in [0.25, 0.3) is 0 Å². The van der Waals surface area contributed by atoms with Gasteiger partial charge in [0.15, 0.2) is 24.6 Å². The monoisotopic (exact) mass is 941 g/mol. The molecule has 2 heterocycles. The first kappa shape index (κ1) is 58.6. The summed E-state index contributed by atoms with van der Waals surface area (Å²) in [6.07, 6.45) is 13.4. The number of esters is 2. The zero-order chi connectivity index (χ0) is 47.2. The average Bonchev–Trinajstić information content (AvgIpc) is 3.26. The van der Waals surface area contributed by atoms with Crippen molar-refractivity contribution >= 4 is 22.3 Å². The van der Waals surface area contributed by atoms with E-state index in [0.29, 0.717) is 12.8 Å². The molecule has 0 aromatic carbocycles. The van der Waals surface area contributed by atoms with Crippen molar-refractivity contribution in [1.82, 2.24) is 0 Å². The fraction of sp³-hybridized carbons (Fsp3) is 0.957. The van der Waals surface area contributed by atoms with E-state index >= 15 is 0 Å². The maximum Gasteiger partial charge on any atom is 0.397 e. The fourth-order valence-corrected chi connectivity index (χ4v) is 8.95. The van der Waals surface area contributed by atoms with E-state index in [4.69, 9.17) is 23.7 Å². The molecule has 0 aliphatic carbocycles. The highest BCUT2D eigenvalue weighted by Gasteiger charge is 2.54. The van der Waals surface area contributed by atoms with Crippen LogP contribution in [0.4, 0.5) is 0 Å². The van der Waals surface area contributed by atoms with Crippen LogP contribution in [0.5, 0.6) is 0 Å². The number of hydrogen-bond acceptors (Lipinski definition) is 15. The van der Waals surface area contributed by atoms with Gasteiger partial charge in [0.05, 0.1) is 19.1 Å². The Morgan fingerprint density at radius 2 is 0.922 bits per heavy atom. The number of aliphatic hydroxyl groups is 5. The highest BCUT2D eigenvalue weighted by molar-refractivity contribution is 7.80. The molecular formula is C47H88O16S. The molecule has 17 heteroatoms. The Balaban J connectivity index is 2.05. The van der Waals surface area contributed by atoms with Crippen LogP contribution in [0.2, 0.25) is 0 Å². The van der Waals surface area contributed by atoms with E-state index in [2.05, 4.69) is 18.0 Å². The van der Waals surface area contributed by atoms with E-state index in [9.17, 15) is 48.1 Å². The molecule has 2 fully saturated rings. The molecule has 1 unspecified atom stereocenters. The second-order valence-electron chi connectivity index (χ2n) is 18.2. The summed E-state index contributed by atoms with van der Waals surface area (Å²) in [4.78, 5) is 27.0. The topological polar surface area (TPSA) is 245 Å². The minimum absolute atomic E-state index is 0.0391. The first-order chi connectivity index (χ1) is 30.8. The maximum absolute atomic E-state index is 13.6. The van der Waals surface area contributed by atoms with Crippen LogP contribution < -0.4 is 0 Å². The van der Waals surface area contributed by atoms with Crippen molar-refractivity contribution in [3.63, 3.8) is 0 Å². The molecule has 0 amide bonds.